The van der Waals surface area contributed by atoms with Gasteiger partial charge >= 0.3 is 0 Å². The first-order valence-electron chi connectivity index (χ1n) is 9.16. The number of pyridine rings is 1. The Morgan fingerprint density at radius 1 is 1.18 bits per heavy atom. The molecule has 0 aliphatic heterocycles. The summed E-state index contributed by atoms with van der Waals surface area (Å²) in [5.74, 6) is -0.114. The highest BCUT2D eigenvalue weighted by Crippen LogP contribution is 2.09. The Balaban J connectivity index is 1.89. The van der Waals surface area contributed by atoms with Crippen LogP contribution in [0.4, 0.5) is 5.82 Å². The average Bonchev–Trinajstić information content (AvgIpc) is 2.69. The summed E-state index contributed by atoms with van der Waals surface area (Å²) in [6.45, 7) is 6.42. The molecule has 1 aromatic carbocycles. The fourth-order valence-corrected chi connectivity index (χ4v) is 2.66. The lowest BCUT2D eigenvalue weighted by atomic mass is 10.0. The Morgan fingerprint density at radius 3 is 2.64 bits per heavy atom. The lowest BCUT2D eigenvalue weighted by Crippen LogP contribution is -2.50. The summed E-state index contributed by atoms with van der Waals surface area (Å²) < 4.78 is 0. The topological polar surface area (TPSA) is 107 Å². The summed E-state index contributed by atoms with van der Waals surface area (Å²) in [4.78, 5) is 29.1. The number of nitrogens with one attached hydrogen (secondary N) is 3. The number of nitrogens with zero attached hydrogens (tertiary/aromatic N) is 2. The first kappa shape index (κ1) is 20.9. The SMILES string of the molecule is Cc1cccc(C(=O)NC(C(=O)NCCNc2ncccc2C#N)C(C)C)c1. The van der Waals surface area contributed by atoms with Crippen LogP contribution in [0.3, 0.4) is 0 Å². The van der Waals surface area contributed by atoms with Crippen LogP contribution in [0.5, 0.6) is 0 Å². The quantitative estimate of drug-likeness (QED) is 0.610. The molecule has 1 atom stereocenters. The van der Waals surface area contributed by atoms with Crippen molar-refractivity contribution in [1.29, 1.82) is 5.26 Å². The summed E-state index contributed by atoms with van der Waals surface area (Å²) in [6.07, 6.45) is 1.59. The Bertz CT molecular complexity index is 873. The van der Waals surface area contributed by atoms with Gasteiger partial charge in [0.05, 0.1) is 5.56 Å². The molecule has 1 aromatic heterocycles. The molecule has 0 aliphatic carbocycles. The van der Waals surface area contributed by atoms with Crippen LogP contribution in [0.15, 0.2) is 42.6 Å². The molecule has 0 fully saturated rings. The van der Waals surface area contributed by atoms with Gasteiger partial charge in [-0.3, -0.25) is 9.59 Å². The monoisotopic (exact) mass is 379 g/mol. The number of aromatic nitrogens is 1. The predicted octanol–water partition coefficient (Wildman–Crippen LogP) is 2.24. The minimum absolute atomic E-state index is 0.0669. The second-order valence-corrected chi connectivity index (χ2v) is 6.79. The highest BCUT2D eigenvalue weighted by atomic mass is 16.2. The third-order valence-electron chi connectivity index (χ3n) is 4.16. The average molecular weight is 379 g/mol. The highest BCUT2D eigenvalue weighted by Gasteiger charge is 2.24. The molecule has 0 aliphatic rings. The van der Waals surface area contributed by atoms with Gasteiger partial charge in [0.25, 0.3) is 5.91 Å². The molecular formula is C21H25N5O2. The third kappa shape index (κ3) is 5.81. The van der Waals surface area contributed by atoms with E-state index in [9.17, 15) is 9.59 Å². The zero-order valence-corrected chi connectivity index (χ0v) is 16.3. The number of hydrogen-bond acceptors (Lipinski definition) is 5. The molecule has 2 rings (SSSR count). The van der Waals surface area contributed by atoms with Crippen molar-refractivity contribution in [3.8, 4) is 6.07 Å². The lowest BCUT2D eigenvalue weighted by Gasteiger charge is -2.22. The number of hydrogen-bond donors (Lipinski definition) is 3. The molecule has 0 saturated heterocycles. The van der Waals surface area contributed by atoms with E-state index in [0.717, 1.165) is 5.56 Å². The summed E-state index contributed by atoms with van der Waals surface area (Å²) in [6, 6.07) is 12.0. The molecule has 0 saturated carbocycles. The van der Waals surface area contributed by atoms with E-state index < -0.39 is 6.04 Å². The van der Waals surface area contributed by atoms with Gasteiger partial charge in [0, 0.05) is 24.8 Å². The third-order valence-corrected chi connectivity index (χ3v) is 4.16. The van der Waals surface area contributed by atoms with Gasteiger partial charge in [-0.05, 0) is 37.1 Å². The van der Waals surface area contributed by atoms with E-state index in [4.69, 9.17) is 5.26 Å². The fourth-order valence-electron chi connectivity index (χ4n) is 2.66. The second-order valence-electron chi connectivity index (χ2n) is 6.79. The van der Waals surface area contributed by atoms with Crippen molar-refractivity contribution in [3.05, 3.63) is 59.3 Å². The molecular weight excluding hydrogens is 354 g/mol. The number of carbonyl (C=O) groups is 2. The van der Waals surface area contributed by atoms with Crippen LogP contribution in [-0.4, -0.2) is 35.9 Å². The number of benzene rings is 1. The molecule has 2 aromatic rings. The number of amides is 2. The predicted molar refractivity (Wildman–Crippen MR) is 108 cm³/mol. The number of carbonyl (C=O) groups excluding carboxylic acids is 2. The van der Waals surface area contributed by atoms with Crippen LogP contribution in [0.1, 0.15) is 35.3 Å². The Morgan fingerprint density at radius 2 is 1.96 bits per heavy atom. The van der Waals surface area contributed by atoms with Crippen LogP contribution in [0.25, 0.3) is 0 Å². The van der Waals surface area contributed by atoms with Gasteiger partial charge in [0.15, 0.2) is 0 Å². The maximum atomic E-state index is 12.5. The van der Waals surface area contributed by atoms with E-state index in [2.05, 4.69) is 27.0 Å². The fraction of sp³-hybridized carbons (Fsp3) is 0.333. The van der Waals surface area contributed by atoms with Gasteiger partial charge in [-0.2, -0.15) is 5.26 Å². The second kappa shape index (κ2) is 10.1. The Kier molecular flexibility index (Phi) is 7.52. The summed E-state index contributed by atoms with van der Waals surface area (Å²) in [7, 11) is 0. The van der Waals surface area contributed by atoms with Gasteiger partial charge in [0.2, 0.25) is 5.91 Å². The summed E-state index contributed by atoms with van der Waals surface area (Å²) >= 11 is 0. The smallest absolute Gasteiger partial charge is 0.251 e. The zero-order valence-electron chi connectivity index (χ0n) is 16.3. The number of nitriles is 1. The first-order valence-corrected chi connectivity index (χ1v) is 9.16. The Labute approximate surface area is 165 Å². The van der Waals surface area contributed by atoms with Crippen molar-refractivity contribution in [2.75, 3.05) is 18.4 Å². The first-order chi connectivity index (χ1) is 13.4. The van der Waals surface area contributed by atoms with E-state index in [-0.39, 0.29) is 17.7 Å². The Hall–Kier alpha value is -3.40. The van der Waals surface area contributed by atoms with Gasteiger partial charge in [-0.1, -0.05) is 31.5 Å². The van der Waals surface area contributed by atoms with E-state index in [1.165, 1.54) is 0 Å². The molecule has 0 bridgehead atoms. The van der Waals surface area contributed by atoms with Crippen LogP contribution in [0, 0.1) is 24.2 Å². The van der Waals surface area contributed by atoms with Crippen LogP contribution in [-0.2, 0) is 4.79 Å². The van der Waals surface area contributed by atoms with Crippen LogP contribution >= 0.6 is 0 Å². The van der Waals surface area contributed by atoms with Crippen LogP contribution < -0.4 is 16.0 Å². The molecule has 146 valence electrons. The van der Waals surface area contributed by atoms with Gasteiger partial charge in [-0.15, -0.1) is 0 Å². The van der Waals surface area contributed by atoms with Crippen LogP contribution in [0.2, 0.25) is 0 Å². The van der Waals surface area contributed by atoms with Crippen molar-refractivity contribution in [3.63, 3.8) is 0 Å². The number of rotatable bonds is 8. The zero-order chi connectivity index (χ0) is 20.5. The molecule has 0 radical (unpaired) electrons. The standard InChI is InChI=1S/C21H25N5O2/c1-14(2)18(26-20(27)16-7-4-6-15(3)12-16)21(28)25-11-10-24-19-17(13-22)8-5-9-23-19/h4-9,12,14,18H,10-11H2,1-3H3,(H,23,24)(H,25,28)(H,26,27). The van der Waals surface area contributed by atoms with E-state index in [1.807, 2.05) is 32.9 Å². The van der Waals surface area contributed by atoms with Gasteiger partial charge < -0.3 is 16.0 Å². The maximum Gasteiger partial charge on any atom is 0.251 e. The van der Waals surface area contributed by atoms with Crippen molar-refractivity contribution < 1.29 is 9.59 Å². The van der Waals surface area contributed by atoms with Crippen molar-refractivity contribution in [2.45, 2.75) is 26.8 Å². The highest BCUT2D eigenvalue weighted by molar-refractivity contribution is 5.97. The lowest BCUT2D eigenvalue weighted by molar-refractivity contribution is -0.123. The van der Waals surface area contributed by atoms with Gasteiger partial charge in [-0.25, -0.2) is 4.98 Å². The van der Waals surface area contributed by atoms with Crippen molar-refractivity contribution in [1.82, 2.24) is 15.6 Å². The minimum atomic E-state index is -0.641. The maximum absolute atomic E-state index is 12.5. The van der Waals surface area contributed by atoms with E-state index >= 15 is 0 Å². The molecule has 7 nitrogen and oxygen atoms in total. The largest absolute Gasteiger partial charge is 0.367 e. The van der Waals surface area contributed by atoms with E-state index in [1.54, 1.807) is 30.5 Å². The molecule has 7 heteroatoms. The molecule has 1 unspecified atom stereocenters. The number of anilines is 1. The minimum Gasteiger partial charge on any atom is -0.367 e. The molecule has 28 heavy (non-hydrogen) atoms. The summed E-state index contributed by atoms with van der Waals surface area (Å²) in [5, 5.41) is 17.7. The molecule has 2 amide bonds. The summed E-state index contributed by atoms with van der Waals surface area (Å²) in [5.41, 5.74) is 1.95. The molecule has 0 spiro atoms. The molecule has 3 N–H and O–H groups in total. The number of aryl methyl sites for hydroxylation is 1. The van der Waals surface area contributed by atoms with E-state index in [0.29, 0.717) is 30.0 Å². The van der Waals surface area contributed by atoms with Crippen molar-refractivity contribution >= 4 is 17.6 Å². The molecule has 1 heterocycles. The van der Waals surface area contributed by atoms with Gasteiger partial charge in [0.1, 0.15) is 17.9 Å². The van der Waals surface area contributed by atoms with Crippen molar-refractivity contribution in [2.24, 2.45) is 5.92 Å². The normalized spacial score (nSPS) is 11.4.